The predicted molar refractivity (Wildman–Crippen MR) is 94.0 cm³/mol. The molecule has 0 aromatic carbocycles. The summed E-state index contributed by atoms with van der Waals surface area (Å²) in [5.41, 5.74) is 0. The van der Waals surface area contributed by atoms with Gasteiger partial charge in [-0.05, 0) is 30.3 Å². The minimum absolute atomic E-state index is 0.526. The van der Waals surface area contributed by atoms with Crippen molar-refractivity contribution in [2.45, 2.75) is 110 Å². The van der Waals surface area contributed by atoms with Gasteiger partial charge in [-0.25, -0.2) is 0 Å². The van der Waals surface area contributed by atoms with Crippen molar-refractivity contribution in [3.63, 3.8) is 0 Å². The molecule has 0 rings (SSSR count). The summed E-state index contributed by atoms with van der Waals surface area (Å²) < 4.78 is 0. The van der Waals surface area contributed by atoms with Gasteiger partial charge in [-0.15, -0.1) is 9.24 Å². The second-order valence-electron chi connectivity index (χ2n) is 6.54. The van der Waals surface area contributed by atoms with E-state index in [0.717, 1.165) is 5.92 Å². The quantitative estimate of drug-likeness (QED) is 0.253. The normalized spacial score (nSPS) is 13.7. The Morgan fingerprint density at radius 2 is 1.16 bits per heavy atom. The third kappa shape index (κ3) is 9.06. The van der Waals surface area contributed by atoms with Crippen LogP contribution in [0.15, 0.2) is 0 Å². The van der Waals surface area contributed by atoms with E-state index in [0.29, 0.717) is 5.16 Å². The topological polar surface area (TPSA) is 0 Å². The molecule has 0 radical (unpaired) electrons. The molecule has 0 saturated heterocycles. The first kappa shape index (κ1) is 19.4. The maximum atomic E-state index is 3.28. The number of hydrogen-bond donors (Lipinski definition) is 0. The highest BCUT2D eigenvalue weighted by Gasteiger charge is 2.29. The van der Waals surface area contributed by atoms with Gasteiger partial charge in [0, 0.05) is 0 Å². The number of hydrogen-bond acceptors (Lipinski definition) is 0. The van der Waals surface area contributed by atoms with Crippen molar-refractivity contribution in [3.8, 4) is 0 Å². The van der Waals surface area contributed by atoms with Gasteiger partial charge in [-0.1, -0.05) is 85.5 Å². The molecular weight excluding hydrogens is 247 g/mol. The van der Waals surface area contributed by atoms with Crippen molar-refractivity contribution < 1.29 is 0 Å². The molecule has 0 aliphatic rings. The van der Waals surface area contributed by atoms with Crippen molar-refractivity contribution in [1.29, 1.82) is 0 Å². The Labute approximate surface area is 125 Å². The lowest BCUT2D eigenvalue weighted by Crippen LogP contribution is -2.29. The van der Waals surface area contributed by atoms with Crippen LogP contribution in [0.5, 0.6) is 0 Å². The van der Waals surface area contributed by atoms with Crippen LogP contribution in [0.2, 0.25) is 0 Å². The van der Waals surface area contributed by atoms with Crippen LogP contribution in [0.4, 0.5) is 0 Å². The summed E-state index contributed by atoms with van der Waals surface area (Å²) in [7, 11) is 3.28. The second-order valence-corrected chi connectivity index (χ2v) is 7.69. The fourth-order valence-electron chi connectivity index (χ4n) is 3.01. The standard InChI is InChI=1S/C18H39P/c1-5-8-11-14-17(4)18(19,15-12-9-6-2)16-13-10-7-3/h17H,5-16,19H2,1-4H3. The van der Waals surface area contributed by atoms with Crippen LogP contribution in [-0.4, -0.2) is 5.16 Å². The molecule has 0 aromatic rings. The van der Waals surface area contributed by atoms with Gasteiger partial charge < -0.3 is 0 Å². The lowest BCUT2D eigenvalue weighted by Gasteiger charge is -2.36. The molecule has 0 spiro atoms. The summed E-state index contributed by atoms with van der Waals surface area (Å²) in [5.74, 6) is 0.873. The van der Waals surface area contributed by atoms with Crippen molar-refractivity contribution >= 4 is 9.24 Å². The fourth-order valence-corrected chi connectivity index (χ4v) is 3.59. The lowest BCUT2D eigenvalue weighted by molar-refractivity contribution is 0.314. The van der Waals surface area contributed by atoms with E-state index in [1.807, 2.05) is 0 Å². The molecule has 19 heavy (non-hydrogen) atoms. The summed E-state index contributed by atoms with van der Waals surface area (Å²) in [6.07, 6.45) is 16.8. The SMILES string of the molecule is CCCCCC(C)C(P)(CCCCC)CCCCC. The number of unbranched alkanes of at least 4 members (excludes halogenated alkanes) is 6. The first-order valence-corrected chi connectivity index (χ1v) is 9.47. The summed E-state index contributed by atoms with van der Waals surface area (Å²) in [4.78, 5) is 0. The molecule has 0 fully saturated rings. The van der Waals surface area contributed by atoms with Gasteiger partial charge in [-0.3, -0.25) is 0 Å². The molecule has 0 saturated carbocycles. The van der Waals surface area contributed by atoms with E-state index in [1.165, 1.54) is 77.0 Å². The largest absolute Gasteiger partial charge is 0.131 e. The van der Waals surface area contributed by atoms with Gasteiger partial charge in [0.25, 0.3) is 0 Å². The molecule has 2 unspecified atom stereocenters. The maximum absolute atomic E-state index is 3.28. The zero-order valence-electron chi connectivity index (χ0n) is 14.1. The molecule has 116 valence electrons. The van der Waals surface area contributed by atoms with E-state index < -0.39 is 0 Å². The van der Waals surface area contributed by atoms with Crippen molar-refractivity contribution in [2.24, 2.45) is 5.92 Å². The Balaban J connectivity index is 4.26. The highest BCUT2D eigenvalue weighted by Crippen LogP contribution is 2.41. The zero-order chi connectivity index (χ0) is 14.6. The monoisotopic (exact) mass is 286 g/mol. The molecule has 2 atom stereocenters. The highest BCUT2D eigenvalue weighted by atomic mass is 31.0. The molecule has 0 heterocycles. The summed E-state index contributed by atoms with van der Waals surface area (Å²) >= 11 is 0. The molecule has 0 aromatic heterocycles. The smallest absolute Gasteiger partial charge is 0.0125 e. The summed E-state index contributed by atoms with van der Waals surface area (Å²) in [6, 6.07) is 0. The first-order valence-electron chi connectivity index (χ1n) is 8.89. The molecule has 1 heteroatoms. The maximum Gasteiger partial charge on any atom is -0.0125 e. The van der Waals surface area contributed by atoms with E-state index in [9.17, 15) is 0 Å². The first-order chi connectivity index (χ1) is 9.10. The van der Waals surface area contributed by atoms with E-state index in [1.54, 1.807) is 0 Å². The van der Waals surface area contributed by atoms with Crippen LogP contribution < -0.4 is 0 Å². The summed E-state index contributed by atoms with van der Waals surface area (Å²) in [5, 5.41) is 0.526. The number of rotatable bonds is 13. The third-order valence-corrected chi connectivity index (χ3v) is 5.86. The minimum atomic E-state index is 0.526. The fraction of sp³-hybridized carbons (Fsp3) is 1.00. The van der Waals surface area contributed by atoms with Crippen LogP contribution in [0.3, 0.4) is 0 Å². The minimum Gasteiger partial charge on any atom is -0.131 e. The Morgan fingerprint density at radius 3 is 1.58 bits per heavy atom. The lowest BCUT2D eigenvalue weighted by atomic mass is 9.81. The summed E-state index contributed by atoms with van der Waals surface area (Å²) in [6.45, 7) is 9.43. The van der Waals surface area contributed by atoms with Crippen LogP contribution in [0.1, 0.15) is 105 Å². The predicted octanol–water partition coefficient (Wildman–Crippen LogP) is 6.98. The van der Waals surface area contributed by atoms with Crippen molar-refractivity contribution in [1.82, 2.24) is 0 Å². The average molecular weight is 286 g/mol. The van der Waals surface area contributed by atoms with Gasteiger partial charge in [0.05, 0.1) is 0 Å². The highest BCUT2D eigenvalue weighted by molar-refractivity contribution is 7.19. The Bertz CT molecular complexity index is 178. The van der Waals surface area contributed by atoms with Gasteiger partial charge in [0.15, 0.2) is 0 Å². The molecule has 0 N–H and O–H groups in total. The molecule has 0 aliphatic carbocycles. The zero-order valence-corrected chi connectivity index (χ0v) is 15.3. The van der Waals surface area contributed by atoms with Gasteiger partial charge in [0.2, 0.25) is 0 Å². The van der Waals surface area contributed by atoms with E-state index in [2.05, 4.69) is 36.9 Å². The average Bonchev–Trinajstić information content (AvgIpc) is 2.39. The third-order valence-electron chi connectivity index (χ3n) is 4.71. The van der Waals surface area contributed by atoms with E-state index in [-0.39, 0.29) is 0 Å². The Kier molecular flexibility index (Phi) is 12.5. The van der Waals surface area contributed by atoms with Crippen LogP contribution >= 0.6 is 9.24 Å². The molecule has 0 nitrogen and oxygen atoms in total. The Morgan fingerprint density at radius 1 is 0.737 bits per heavy atom. The van der Waals surface area contributed by atoms with E-state index in [4.69, 9.17) is 0 Å². The molecule has 0 amide bonds. The van der Waals surface area contributed by atoms with Crippen molar-refractivity contribution in [2.75, 3.05) is 0 Å². The molecule has 0 aliphatic heterocycles. The molecular formula is C18H39P. The van der Waals surface area contributed by atoms with Gasteiger partial charge in [-0.2, -0.15) is 0 Å². The van der Waals surface area contributed by atoms with Crippen molar-refractivity contribution in [3.05, 3.63) is 0 Å². The van der Waals surface area contributed by atoms with Crippen LogP contribution in [-0.2, 0) is 0 Å². The van der Waals surface area contributed by atoms with Crippen LogP contribution in [0, 0.1) is 5.92 Å². The van der Waals surface area contributed by atoms with E-state index >= 15 is 0 Å². The van der Waals surface area contributed by atoms with Gasteiger partial charge in [0.1, 0.15) is 0 Å². The van der Waals surface area contributed by atoms with Crippen LogP contribution in [0.25, 0.3) is 0 Å². The Hall–Kier alpha value is 0.430. The second kappa shape index (κ2) is 12.2. The van der Waals surface area contributed by atoms with Gasteiger partial charge >= 0.3 is 0 Å². The molecule has 0 bridgehead atoms.